The largest absolute Gasteiger partial charge is 0.508 e. The summed E-state index contributed by atoms with van der Waals surface area (Å²) in [6, 6.07) is 15.2. The molecule has 0 fully saturated rings. The first-order valence-corrected chi connectivity index (χ1v) is 20.5. The highest BCUT2D eigenvalue weighted by molar-refractivity contribution is 7.91. The molecule has 0 saturated carbocycles. The number of hydrogen-bond donors (Lipinski definition) is 2. The molecule has 2 N–H and O–H groups in total. The molecule has 290 valence electrons. The molecular formula is C42H52F5NO4S. The van der Waals surface area contributed by atoms with Gasteiger partial charge in [0.25, 0.3) is 0 Å². The molecule has 0 saturated heterocycles. The van der Waals surface area contributed by atoms with Crippen molar-refractivity contribution in [2.75, 3.05) is 31.6 Å². The second kappa shape index (κ2) is 20.1. The Labute approximate surface area is 311 Å². The molecule has 5 rings (SSSR count). The zero-order valence-electron chi connectivity index (χ0n) is 30.5. The number of allylic oxidation sites excluding steroid dienone is 3. The van der Waals surface area contributed by atoms with Crippen LogP contribution < -0.4 is 0 Å². The third-order valence-corrected chi connectivity index (χ3v) is 11.6. The molecule has 5 nitrogen and oxygen atoms in total. The molecule has 0 aromatic heterocycles. The minimum absolute atomic E-state index is 0.111. The molecule has 0 amide bonds. The molecule has 0 bridgehead atoms. The Hall–Kier alpha value is -3.70. The smallest absolute Gasteiger partial charge is 0.389 e. The highest BCUT2D eigenvalue weighted by atomic mass is 32.2. The summed E-state index contributed by atoms with van der Waals surface area (Å²) in [7, 11) is -1.58. The summed E-state index contributed by atoms with van der Waals surface area (Å²) in [5.74, 6) is -1.40. The standard InChI is InChI=1S/C31H40F5NO3S.C11H12O/c1-37(20-8-22-41(39,40)21-7-18-31(34,35)36)19-5-3-2-4-9-26-25(23-12-14-24(32)15-13-23)10-6-11-28-27(26)16-17-29(38)30(28)33;12-11-7-6-9-4-2-1-3-5-10(9)8-11/h12-17,38H,2-11,18-22H2,1H3;2,4,6-8,12H,1,3,5H2. The van der Waals surface area contributed by atoms with Gasteiger partial charge >= 0.3 is 6.18 Å². The number of benzene rings is 3. The van der Waals surface area contributed by atoms with Gasteiger partial charge in [-0.25, -0.2) is 17.2 Å². The van der Waals surface area contributed by atoms with Gasteiger partial charge in [-0.1, -0.05) is 49.3 Å². The van der Waals surface area contributed by atoms with E-state index < -0.39 is 40.4 Å². The van der Waals surface area contributed by atoms with Gasteiger partial charge in [-0.3, -0.25) is 0 Å². The van der Waals surface area contributed by atoms with Crippen molar-refractivity contribution in [1.82, 2.24) is 4.90 Å². The van der Waals surface area contributed by atoms with Gasteiger partial charge in [0.2, 0.25) is 0 Å². The quantitative estimate of drug-likeness (QED) is 0.119. The van der Waals surface area contributed by atoms with Gasteiger partial charge in [-0.05, 0) is 160 Å². The first-order chi connectivity index (χ1) is 25.2. The molecule has 0 aliphatic heterocycles. The van der Waals surface area contributed by atoms with Gasteiger partial charge < -0.3 is 15.1 Å². The van der Waals surface area contributed by atoms with Gasteiger partial charge in [0.05, 0.1) is 11.5 Å². The van der Waals surface area contributed by atoms with Crippen LogP contribution in [0.4, 0.5) is 22.0 Å². The van der Waals surface area contributed by atoms with Gasteiger partial charge in [0.1, 0.15) is 21.4 Å². The molecule has 0 radical (unpaired) electrons. The van der Waals surface area contributed by atoms with Gasteiger partial charge in [-0.15, -0.1) is 0 Å². The van der Waals surface area contributed by atoms with Crippen molar-refractivity contribution in [3.63, 3.8) is 0 Å². The maximum Gasteiger partial charge on any atom is 0.389 e. The summed E-state index contributed by atoms with van der Waals surface area (Å²) in [4.78, 5) is 2.04. The van der Waals surface area contributed by atoms with E-state index in [1.807, 2.05) is 24.1 Å². The number of halogens is 5. The van der Waals surface area contributed by atoms with Crippen molar-refractivity contribution < 1.29 is 40.6 Å². The summed E-state index contributed by atoms with van der Waals surface area (Å²) in [5.41, 5.74) is 6.91. The number of sulfone groups is 1. The number of phenolic OH excluding ortho intramolecular Hbond substituents is 2. The van der Waals surface area contributed by atoms with E-state index in [1.54, 1.807) is 24.3 Å². The van der Waals surface area contributed by atoms with Crippen LogP contribution >= 0.6 is 0 Å². The highest BCUT2D eigenvalue weighted by Gasteiger charge is 2.27. The molecule has 53 heavy (non-hydrogen) atoms. The molecule has 0 heterocycles. The average Bonchev–Trinajstić information content (AvgIpc) is 3.44. The number of fused-ring (bicyclic) bond motifs is 2. The molecule has 0 spiro atoms. The maximum absolute atomic E-state index is 14.8. The molecule has 0 unspecified atom stereocenters. The molecule has 11 heteroatoms. The minimum atomic E-state index is -4.33. The lowest BCUT2D eigenvalue weighted by atomic mass is 9.89. The van der Waals surface area contributed by atoms with Crippen molar-refractivity contribution in [2.24, 2.45) is 0 Å². The Morgan fingerprint density at radius 1 is 0.792 bits per heavy atom. The Bertz CT molecular complexity index is 1800. The van der Waals surface area contributed by atoms with Crippen molar-refractivity contribution >= 4 is 27.1 Å². The lowest BCUT2D eigenvalue weighted by Gasteiger charge is -2.18. The van der Waals surface area contributed by atoms with Crippen LogP contribution in [0.1, 0.15) is 105 Å². The van der Waals surface area contributed by atoms with Crippen LogP contribution in [0, 0.1) is 11.6 Å². The number of phenols is 2. The first-order valence-electron chi connectivity index (χ1n) is 18.7. The van der Waals surface area contributed by atoms with Crippen molar-refractivity contribution in [1.29, 1.82) is 0 Å². The van der Waals surface area contributed by atoms with E-state index in [4.69, 9.17) is 0 Å². The average molecular weight is 762 g/mol. The van der Waals surface area contributed by atoms with Crippen LogP contribution in [0.5, 0.6) is 11.5 Å². The Kier molecular flexibility index (Phi) is 16.0. The third kappa shape index (κ3) is 13.9. The van der Waals surface area contributed by atoms with Gasteiger partial charge in [0.15, 0.2) is 11.6 Å². The predicted octanol–water partition coefficient (Wildman–Crippen LogP) is 10.7. The normalized spacial score (nSPS) is 14.6. The zero-order valence-corrected chi connectivity index (χ0v) is 31.4. The maximum atomic E-state index is 14.8. The van der Waals surface area contributed by atoms with E-state index in [9.17, 15) is 40.6 Å². The predicted molar refractivity (Wildman–Crippen MR) is 203 cm³/mol. The monoisotopic (exact) mass is 761 g/mol. The van der Waals surface area contributed by atoms with E-state index in [0.29, 0.717) is 30.7 Å². The second-order valence-electron chi connectivity index (χ2n) is 14.1. The number of alkyl halides is 3. The minimum Gasteiger partial charge on any atom is -0.508 e. The van der Waals surface area contributed by atoms with E-state index in [1.165, 1.54) is 35.7 Å². The lowest BCUT2D eigenvalue weighted by Crippen LogP contribution is -2.24. The molecule has 3 aromatic carbocycles. The van der Waals surface area contributed by atoms with Crippen LogP contribution in [-0.4, -0.2) is 61.3 Å². The van der Waals surface area contributed by atoms with Crippen LogP contribution in [0.3, 0.4) is 0 Å². The molecule has 3 aromatic rings. The number of aryl methyl sites for hydroxylation is 1. The van der Waals surface area contributed by atoms with Crippen molar-refractivity contribution in [3.8, 4) is 11.5 Å². The van der Waals surface area contributed by atoms with Gasteiger partial charge in [-0.2, -0.15) is 13.2 Å². The van der Waals surface area contributed by atoms with Crippen LogP contribution in [0.25, 0.3) is 17.2 Å². The summed E-state index contributed by atoms with van der Waals surface area (Å²) in [6.07, 6.45) is 8.73. The Balaban J connectivity index is 0.000000437. The number of nitrogens with zero attached hydrogens (tertiary/aromatic N) is 1. The Morgan fingerprint density at radius 3 is 2.26 bits per heavy atom. The van der Waals surface area contributed by atoms with Crippen molar-refractivity contribution in [3.05, 3.63) is 100 Å². The zero-order chi connectivity index (χ0) is 38.4. The van der Waals surface area contributed by atoms with Crippen molar-refractivity contribution in [2.45, 2.75) is 96.1 Å². The van der Waals surface area contributed by atoms with E-state index >= 15 is 0 Å². The number of rotatable bonds is 15. The number of aromatic hydroxyl groups is 2. The molecule has 0 atom stereocenters. The summed E-state index contributed by atoms with van der Waals surface area (Å²) < 4.78 is 89.1. The summed E-state index contributed by atoms with van der Waals surface area (Å²) >= 11 is 0. The summed E-state index contributed by atoms with van der Waals surface area (Å²) in [5, 5.41) is 19.2. The van der Waals surface area contributed by atoms with Crippen LogP contribution in [0.15, 0.2) is 60.7 Å². The highest BCUT2D eigenvalue weighted by Crippen LogP contribution is 2.41. The fraction of sp³-hybridized carbons (Fsp3) is 0.476. The van der Waals surface area contributed by atoms with E-state index in [2.05, 4.69) is 12.2 Å². The third-order valence-electron chi connectivity index (χ3n) is 9.83. The second-order valence-corrected chi connectivity index (χ2v) is 16.4. The molecular weight excluding hydrogens is 710 g/mol. The topological polar surface area (TPSA) is 77.8 Å². The molecule has 2 aliphatic rings. The lowest BCUT2D eigenvalue weighted by molar-refractivity contribution is -0.134. The number of unbranched alkanes of at least 4 members (excludes halogenated alkanes) is 3. The first kappa shape index (κ1) is 42.0. The fourth-order valence-electron chi connectivity index (χ4n) is 7.04. The Morgan fingerprint density at radius 2 is 1.51 bits per heavy atom. The summed E-state index contributed by atoms with van der Waals surface area (Å²) in [6.45, 7) is 1.34. The SMILES string of the molecule is CN(CCCCCCC1=C(c2ccc(F)cc2)CCCc2c1ccc(O)c2F)CCCS(=O)(=O)CCCC(F)(F)F.Oc1ccc2c(c1)CCCC=C2. The van der Waals surface area contributed by atoms with E-state index in [-0.39, 0.29) is 17.3 Å². The fourth-order valence-corrected chi connectivity index (χ4v) is 8.39. The van der Waals surface area contributed by atoms with E-state index in [0.717, 1.165) is 86.6 Å². The van der Waals surface area contributed by atoms with Gasteiger partial charge in [0, 0.05) is 6.42 Å². The van der Waals surface area contributed by atoms with Crippen LogP contribution in [0.2, 0.25) is 0 Å². The molecule has 2 aliphatic carbocycles. The number of hydrogen-bond acceptors (Lipinski definition) is 5. The van der Waals surface area contributed by atoms with Crippen LogP contribution in [-0.2, 0) is 22.7 Å².